The molecular weight excluding hydrogens is 167 g/mol. The normalized spacial score (nSPS) is 10.5. The summed E-state index contributed by atoms with van der Waals surface area (Å²) in [7, 11) is 0. The van der Waals surface area contributed by atoms with Crippen LogP contribution >= 0.6 is 0 Å². The van der Waals surface area contributed by atoms with Crippen LogP contribution in [-0.2, 0) is 0 Å². The van der Waals surface area contributed by atoms with E-state index < -0.39 is 5.95 Å². The van der Waals surface area contributed by atoms with Crippen molar-refractivity contribution in [3.63, 3.8) is 0 Å². The quantitative estimate of drug-likeness (QED) is 0.724. The third-order valence-electron chi connectivity index (χ3n) is 1.78. The number of pyridine rings is 1. The van der Waals surface area contributed by atoms with Gasteiger partial charge in [-0.15, -0.1) is 0 Å². The molecule has 0 unspecified atom stereocenters. The van der Waals surface area contributed by atoms with Gasteiger partial charge in [-0.05, 0) is 18.4 Å². The van der Waals surface area contributed by atoms with E-state index in [1.165, 1.54) is 12.3 Å². The van der Waals surface area contributed by atoms with Gasteiger partial charge in [0, 0.05) is 24.5 Å². The summed E-state index contributed by atoms with van der Waals surface area (Å²) in [5.41, 5.74) is 0.799. The Kier molecular flexibility index (Phi) is 3.68. The Hall–Kier alpha value is -1.12. The number of nitrogens with zero attached hydrogens (tertiary/aromatic N) is 1. The molecule has 3 heteroatoms. The van der Waals surface area contributed by atoms with E-state index >= 15 is 0 Å². The summed E-state index contributed by atoms with van der Waals surface area (Å²) in [5.74, 6) is 0.230. The first-order valence-electron chi connectivity index (χ1n) is 4.54. The molecule has 0 saturated heterocycles. The molecule has 0 atom stereocenters. The van der Waals surface area contributed by atoms with Gasteiger partial charge in [-0.3, -0.25) is 0 Å². The van der Waals surface area contributed by atoms with E-state index in [2.05, 4.69) is 24.1 Å². The molecule has 1 aromatic heterocycles. The second kappa shape index (κ2) is 4.80. The van der Waals surface area contributed by atoms with Crippen LogP contribution in [0, 0.1) is 11.9 Å². The van der Waals surface area contributed by atoms with Gasteiger partial charge in [-0.2, -0.15) is 4.39 Å². The van der Waals surface area contributed by atoms with Crippen molar-refractivity contribution in [2.75, 3.05) is 11.9 Å². The van der Waals surface area contributed by atoms with Crippen molar-refractivity contribution >= 4 is 5.69 Å². The molecule has 0 bridgehead atoms. The highest BCUT2D eigenvalue weighted by Crippen LogP contribution is 2.07. The van der Waals surface area contributed by atoms with Crippen molar-refractivity contribution in [3.8, 4) is 0 Å². The van der Waals surface area contributed by atoms with Crippen molar-refractivity contribution in [1.29, 1.82) is 0 Å². The monoisotopic (exact) mass is 182 g/mol. The van der Waals surface area contributed by atoms with Gasteiger partial charge in [-0.1, -0.05) is 13.8 Å². The van der Waals surface area contributed by atoms with E-state index in [-0.39, 0.29) is 0 Å². The number of hydrogen-bond acceptors (Lipinski definition) is 2. The van der Waals surface area contributed by atoms with Crippen LogP contribution in [0.3, 0.4) is 0 Å². The maximum absolute atomic E-state index is 12.6. The number of nitrogens with one attached hydrogen (secondary N) is 1. The molecule has 0 fully saturated rings. The molecule has 0 aliphatic rings. The lowest BCUT2D eigenvalue weighted by Gasteiger charge is -2.07. The van der Waals surface area contributed by atoms with E-state index in [0.717, 1.165) is 18.7 Å². The van der Waals surface area contributed by atoms with E-state index in [4.69, 9.17) is 0 Å². The third kappa shape index (κ3) is 3.87. The molecule has 0 aromatic carbocycles. The topological polar surface area (TPSA) is 24.9 Å². The van der Waals surface area contributed by atoms with E-state index in [9.17, 15) is 4.39 Å². The molecule has 72 valence electrons. The molecule has 0 spiro atoms. The molecule has 2 nitrogen and oxygen atoms in total. The molecule has 0 amide bonds. The van der Waals surface area contributed by atoms with Gasteiger partial charge in [0.1, 0.15) is 0 Å². The summed E-state index contributed by atoms with van der Waals surface area (Å²) < 4.78 is 12.6. The molecule has 0 radical (unpaired) electrons. The van der Waals surface area contributed by atoms with Gasteiger partial charge in [0.05, 0.1) is 0 Å². The molecule has 13 heavy (non-hydrogen) atoms. The number of hydrogen-bond donors (Lipinski definition) is 1. The van der Waals surface area contributed by atoms with Crippen molar-refractivity contribution in [2.24, 2.45) is 5.92 Å². The standard InChI is InChI=1S/C10H15FN2/c1-8(2)3-5-12-9-4-6-13-10(11)7-9/h4,6-8H,3,5H2,1-2H3,(H,12,13). The molecular formula is C10H15FN2. The van der Waals surface area contributed by atoms with Gasteiger partial charge in [0.2, 0.25) is 5.95 Å². The highest BCUT2D eigenvalue weighted by molar-refractivity contribution is 5.40. The Morgan fingerprint density at radius 3 is 2.92 bits per heavy atom. The first-order chi connectivity index (χ1) is 6.18. The van der Waals surface area contributed by atoms with Crippen molar-refractivity contribution < 1.29 is 4.39 Å². The predicted octanol–water partition coefficient (Wildman–Crippen LogP) is 2.68. The minimum Gasteiger partial charge on any atom is -0.385 e. The molecule has 1 heterocycles. The lowest BCUT2D eigenvalue weighted by molar-refractivity contribution is 0.583. The van der Waals surface area contributed by atoms with Crippen LogP contribution in [0.2, 0.25) is 0 Å². The largest absolute Gasteiger partial charge is 0.385 e. The summed E-state index contributed by atoms with van der Waals surface area (Å²) in [5, 5.41) is 3.14. The van der Waals surface area contributed by atoms with Crippen LogP contribution in [0.4, 0.5) is 10.1 Å². The molecule has 1 N–H and O–H groups in total. The zero-order valence-corrected chi connectivity index (χ0v) is 8.05. The average molecular weight is 182 g/mol. The average Bonchev–Trinajstić information content (AvgIpc) is 2.03. The van der Waals surface area contributed by atoms with Crippen LogP contribution < -0.4 is 5.32 Å². The number of halogens is 1. The van der Waals surface area contributed by atoms with Gasteiger partial charge >= 0.3 is 0 Å². The van der Waals surface area contributed by atoms with Crippen LogP contribution in [0.25, 0.3) is 0 Å². The summed E-state index contributed by atoms with van der Waals surface area (Å²) in [6.45, 7) is 5.20. The number of anilines is 1. The van der Waals surface area contributed by atoms with Crippen LogP contribution in [0.5, 0.6) is 0 Å². The van der Waals surface area contributed by atoms with E-state index in [1.54, 1.807) is 6.07 Å². The summed E-state index contributed by atoms with van der Waals surface area (Å²) in [6, 6.07) is 3.17. The van der Waals surface area contributed by atoms with Crippen molar-refractivity contribution in [2.45, 2.75) is 20.3 Å². The second-order valence-electron chi connectivity index (χ2n) is 3.48. The van der Waals surface area contributed by atoms with E-state index in [1.807, 2.05) is 0 Å². The van der Waals surface area contributed by atoms with Gasteiger partial charge in [0.25, 0.3) is 0 Å². The third-order valence-corrected chi connectivity index (χ3v) is 1.78. The molecule has 0 aliphatic carbocycles. The Bertz CT molecular complexity index is 261. The Labute approximate surface area is 78.2 Å². The fourth-order valence-electron chi connectivity index (χ4n) is 1.02. The van der Waals surface area contributed by atoms with Crippen molar-refractivity contribution in [3.05, 3.63) is 24.3 Å². The number of aromatic nitrogens is 1. The minimum absolute atomic E-state index is 0.436. The van der Waals surface area contributed by atoms with Gasteiger partial charge in [-0.25, -0.2) is 4.98 Å². The Morgan fingerprint density at radius 1 is 1.54 bits per heavy atom. The minimum atomic E-state index is -0.436. The smallest absolute Gasteiger partial charge is 0.214 e. The van der Waals surface area contributed by atoms with Gasteiger partial charge < -0.3 is 5.32 Å². The zero-order chi connectivity index (χ0) is 9.68. The zero-order valence-electron chi connectivity index (χ0n) is 8.05. The Balaban J connectivity index is 2.37. The maximum atomic E-state index is 12.6. The number of rotatable bonds is 4. The Morgan fingerprint density at radius 2 is 2.31 bits per heavy atom. The fourth-order valence-corrected chi connectivity index (χ4v) is 1.02. The summed E-state index contributed by atoms with van der Waals surface area (Å²) in [4.78, 5) is 3.48. The maximum Gasteiger partial charge on any atom is 0.214 e. The SMILES string of the molecule is CC(C)CCNc1ccnc(F)c1. The lowest BCUT2D eigenvalue weighted by atomic mass is 10.1. The van der Waals surface area contributed by atoms with Crippen LogP contribution in [0.1, 0.15) is 20.3 Å². The second-order valence-corrected chi connectivity index (χ2v) is 3.48. The summed E-state index contributed by atoms with van der Waals surface area (Å²) >= 11 is 0. The molecule has 0 saturated carbocycles. The highest BCUT2D eigenvalue weighted by atomic mass is 19.1. The van der Waals surface area contributed by atoms with Crippen LogP contribution in [0.15, 0.2) is 18.3 Å². The highest BCUT2D eigenvalue weighted by Gasteiger charge is 1.96. The molecule has 0 aliphatic heterocycles. The molecule has 1 rings (SSSR count). The first-order valence-corrected chi connectivity index (χ1v) is 4.54. The van der Waals surface area contributed by atoms with Crippen molar-refractivity contribution in [1.82, 2.24) is 4.98 Å². The fraction of sp³-hybridized carbons (Fsp3) is 0.500. The molecule has 1 aromatic rings. The lowest BCUT2D eigenvalue weighted by Crippen LogP contribution is -2.04. The summed E-state index contributed by atoms with van der Waals surface area (Å²) in [6.07, 6.45) is 2.55. The van der Waals surface area contributed by atoms with E-state index in [0.29, 0.717) is 5.92 Å². The first kappa shape index (κ1) is 9.96. The van der Waals surface area contributed by atoms with Crippen LogP contribution in [-0.4, -0.2) is 11.5 Å². The predicted molar refractivity (Wildman–Crippen MR) is 52.1 cm³/mol. The van der Waals surface area contributed by atoms with Gasteiger partial charge in [0.15, 0.2) is 0 Å².